The fraction of sp³-hybridized carbons (Fsp3) is 0.526. The third-order valence-electron chi connectivity index (χ3n) is 4.88. The molecular weight excluding hydrogens is 384 g/mol. The lowest BCUT2D eigenvalue weighted by Crippen LogP contribution is -2.51. The molecule has 0 radical (unpaired) electrons. The number of aromatic nitrogens is 1. The zero-order valence-corrected chi connectivity index (χ0v) is 18.6. The molecule has 0 saturated carbocycles. The molecule has 0 bridgehead atoms. The largest absolute Gasteiger partial charge is 0.737 e. The number of aryl methyl sites for hydroxylation is 2. The van der Waals surface area contributed by atoms with Crippen LogP contribution in [-0.4, -0.2) is 33.9 Å². The molecule has 0 atom stereocenters. The highest BCUT2D eigenvalue weighted by atomic mass is 31.2. The van der Waals surface area contributed by atoms with Crippen LogP contribution in [-0.2, 0) is 13.6 Å². The second kappa shape index (κ2) is 6.79. The van der Waals surface area contributed by atoms with Crippen LogP contribution in [0.2, 0.25) is 0 Å². The molecule has 0 unspecified atom stereocenters. The van der Waals surface area contributed by atoms with Gasteiger partial charge in [-0.1, -0.05) is 0 Å². The normalized spacial score (nSPS) is 18.9. The van der Waals surface area contributed by atoms with Gasteiger partial charge >= 0.3 is 14.6 Å². The fourth-order valence-corrected chi connectivity index (χ4v) is 6.67. The van der Waals surface area contributed by atoms with Gasteiger partial charge in [0.1, 0.15) is 5.71 Å². The van der Waals surface area contributed by atoms with Crippen LogP contribution in [0.1, 0.15) is 58.5 Å². The van der Waals surface area contributed by atoms with Gasteiger partial charge in [-0.3, -0.25) is 4.57 Å². The maximum absolute atomic E-state index is 15.6. The summed E-state index contributed by atoms with van der Waals surface area (Å²) in [5, 5.41) is 0.221. The van der Waals surface area contributed by atoms with Crippen LogP contribution in [0.15, 0.2) is 23.4 Å². The van der Waals surface area contributed by atoms with Crippen molar-refractivity contribution < 1.29 is 26.7 Å². The summed E-state index contributed by atoms with van der Waals surface area (Å²) in [6.07, 6.45) is 0.885. The van der Waals surface area contributed by atoms with Crippen LogP contribution in [0.4, 0.5) is 8.63 Å². The Morgan fingerprint density at radius 2 is 1.61 bits per heavy atom. The predicted molar refractivity (Wildman–Crippen MR) is 109 cm³/mol. The number of halogens is 2. The summed E-state index contributed by atoms with van der Waals surface area (Å²) in [6.45, 7) is 9.68. The van der Waals surface area contributed by atoms with E-state index in [9.17, 15) is 4.57 Å². The Hall–Kier alpha value is -1.50. The van der Waals surface area contributed by atoms with Crippen LogP contribution < -0.4 is 0 Å². The molecule has 0 fully saturated rings. The lowest BCUT2D eigenvalue weighted by molar-refractivity contribution is -0.363. The minimum Gasteiger partial charge on any atom is -0.393 e. The van der Waals surface area contributed by atoms with Gasteiger partial charge in [-0.25, -0.2) is 0 Å². The first-order valence-corrected chi connectivity index (χ1v) is 11.1. The average Bonchev–Trinajstić information content (AvgIpc) is 2.95. The van der Waals surface area contributed by atoms with E-state index in [1.54, 1.807) is 67.5 Å². The molecule has 1 aromatic rings. The molecule has 0 saturated heterocycles. The van der Waals surface area contributed by atoms with Gasteiger partial charge in [-0.05, 0) is 65.8 Å². The average molecular weight is 412 g/mol. The Balaban J connectivity index is 2.47. The van der Waals surface area contributed by atoms with Crippen molar-refractivity contribution in [3.63, 3.8) is 0 Å². The third-order valence-corrected chi connectivity index (χ3v) is 7.25. The second-order valence-electron chi connectivity index (χ2n) is 8.12. The van der Waals surface area contributed by atoms with Crippen LogP contribution in [0.25, 0.3) is 5.31 Å². The predicted octanol–water partition coefficient (Wildman–Crippen LogP) is 5.49. The van der Waals surface area contributed by atoms with E-state index in [0.717, 1.165) is 8.96 Å². The molecule has 1 aromatic heterocycles. The van der Waals surface area contributed by atoms with Gasteiger partial charge in [0.25, 0.3) is 0 Å². The zero-order valence-electron chi connectivity index (χ0n) is 17.7. The van der Waals surface area contributed by atoms with Gasteiger partial charge in [0, 0.05) is 24.3 Å². The van der Waals surface area contributed by atoms with E-state index in [0.29, 0.717) is 22.5 Å². The summed E-state index contributed by atoms with van der Waals surface area (Å²) >= 11 is 0. The maximum Gasteiger partial charge on any atom is 0.737 e. The van der Waals surface area contributed by atoms with E-state index in [2.05, 4.69) is 0 Å². The minimum atomic E-state index is -4.13. The lowest BCUT2D eigenvalue weighted by atomic mass is 9.89. The monoisotopic (exact) mass is 412 g/mol. The maximum atomic E-state index is 15.6. The quantitative estimate of drug-likeness (QED) is 0.475. The first kappa shape index (κ1) is 21.2. The summed E-state index contributed by atoms with van der Waals surface area (Å²) in [5.74, 6) is 0. The van der Waals surface area contributed by atoms with Crippen molar-refractivity contribution >= 4 is 25.6 Å². The van der Waals surface area contributed by atoms with Crippen LogP contribution in [0.5, 0.6) is 0 Å². The number of hydrogen-bond donors (Lipinski definition) is 0. The summed E-state index contributed by atoms with van der Waals surface area (Å²) in [4.78, 5) is 0. The SMILES string of the molecule is CC1=CC(C)=[N+]2C1=C(P(=O)(OC(C)C)OC(C)C)c1c(C)cc(C)n1[B-]2(F)F. The molecule has 28 heavy (non-hydrogen) atoms. The Bertz CT molecular complexity index is 976. The summed E-state index contributed by atoms with van der Waals surface area (Å²) in [5.41, 5.74) is 2.54. The Morgan fingerprint density at radius 3 is 2.11 bits per heavy atom. The van der Waals surface area contributed by atoms with E-state index in [1.165, 1.54) is 0 Å². The number of fused-ring (bicyclic) bond motifs is 2. The molecule has 0 aromatic carbocycles. The summed E-state index contributed by atoms with van der Waals surface area (Å²) < 4.78 is 59.0. The summed E-state index contributed by atoms with van der Waals surface area (Å²) in [7, 11) is -3.90. The molecule has 0 spiro atoms. The molecule has 154 valence electrons. The van der Waals surface area contributed by atoms with Crippen molar-refractivity contribution in [2.45, 2.75) is 67.6 Å². The minimum absolute atomic E-state index is 0.221. The Morgan fingerprint density at radius 1 is 1.07 bits per heavy atom. The molecule has 0 aliphatic carbocycles. The third kappa shape index (κ3) is 3.06. The fourth-order valence-electron chi connectivity index (χ4n) is 4.21. The Kier molecular flexibility index (Phi) is 5.14. The van der Waals surface area contributed by atoms with E-state index in [1.807, 2.05) is 0 Å². The molecule has 3 heterocycles. The Labute approximate surface area is 165 Å². The van der Waals surface area contributed by atoms with Gasteiger partial charge in [-0.15, -0.1) is 0 Å². The molecule has 2 aliphatic rings. The molecule has 2 aliphatic heterocycles. The van der Waals surface area contributed by atoms with Gasteiger partial charge in [0.05, 0.1) is 12.2 Å². The highest BCUT2D eigenvalue weighted by molar-refractivity contribution is 7.65. The standard InChI is InChI=1S/C19H28BF2N2O3P/c1-11(2)26-28(25,27-12(3)4)19-17-13(5)9-15(7)23(17)20(21,22)24-16(8)10-14(6)18(19)24/h9-12H,1-8H3. The molecule has 5 nitrogen and oxygen atoms in total. The molecule has 3 rings (SSSR count). The van der Waals surface area contributed by atoms with E-state index in [4.69, 9.17) is 9.05 Å². The van der Waals surface area contributed by atoms with Crippen molar-refractivity contribution in [2.24, 2.45) is 0 Å². The number of allylic oxidation sites excluding steroid dienone is 2. The van der Waals surface area contributed by atoms with E-state index < -0.39 is 26.8 Å². The molecule has 0 N–H and O–H groups in total. The van der Waals surface area contributed by atoms with Crippen molar-refractivity contribution in [1.82, 2.24) is 4.48 Å². The van der Waals surface area contributed by atoms with Crippen molar-refractivity contribution in [1.29, 1.82) is 0 Å². The van der Waals surface area contributed by atoms with Crippen molar-refractivity contribution in [3.8, 4) is 0 Å². The topological polar surface area (TPSA) is 43.5 Å². The number of nitrogens with zero attached hydrogens (tertiary/aromatic N) is 2. The first-order chi connectivity index (χ1) is 12.8. The van der Waals surface area contributed by atoms with Crippen LogP contribution in [0.3, 0.4) is 0 Å². The highest BCUT2D eigenvalue weighted by Gasteiger charge is 2.58. The van der Waals surface area contributed by atoms with E-state index >= 15 is 8.63 Å². The van der Waals surface area contributed by atoms with Gasteiger partial charge in [0.2, 0.25) is 0 Å². The second-order valence-corrected chi connectivity index (χ2v) is 9.98. The van der Waals surface area contributed by atoms with Crippen molar-refractivity contribution in [3.05, 3.63) is 40.4 Å². The van der Waals surface area contributed by atoms with Gasteiger partial charge in [-0.2, -0.15) is 0 Å². The van der Waals surface area contributed by atoms with Crippen LogP contribution in [0, 0.1) is 13.8 Å². The highest BCUT2D eigenvalue weighted by Crippen LogP contribution is 2.66. The smallest absolute Gasteiger partial charge is 0.393 e. The number of rotatable bonds is 5. The summed E-state index contributed by atoms with van der Waals surface area (Å²) in [6, 6.07) is 1.69. The number of hydrogen-bond acceptors (Lipinski definition) is 3. The van der Waals surface area contributed by atoms with Crippen molar-refractivity contribution in [2.75, 3.05) is 0 Å². The molecule has 0 amide bonds. The first-order valence-electron chi connectivity index (χ1n) is 9.55. The van der Waals surface area contributed by atoms with Gasteiger partial charge in [0.15, 0.2) is 11.0 Å². The van der Waals surface area contributed by atoms with Crippen LogP contribution >= 0.6 is 7.60 Å². The zero-order chi connectivity index (χ0) is 21.2. The van der Waals surface area contributed by atoms with Gasteiger partial charge < -0.3 is 26.6 Å². The van der Waals surface area contributed by atoms with E-state index in [-0.39, 0.29) is 16.7 Å². The lowest BCUT2D eigenvalue weighted by Gasteiger charge is -2.36. The molecule has 9 heteroatoms. The molecular formula is C19H28BF2N2O3P.